The van der Waals surface area contributed by atoms with Gasteiger partial charge in [0.1, 0.15) is 5.82 Å². The molecule has 20 aromatic rings. The molecule has 0 fully saturated rings. The van der Waals surface area contributed by atoms with Crippen molar-refractivity contribution in [2.45, 2.75) is 208 Å². The molecule has 0 bridgehead atoms. The number of benzene rings is 1. The molecule has 0 amide bonds. The molecule has 0 aliphatic rings. The Balaban J connectivity index is 0.000000706. The molecule has 0 aliphatic carbocycles. The van der Waals surface area contributed by atoms with E-state index in [2.05, 4.69) is 139 Å². The Morgan fingerprint density at radius 1 is 0.192 bits per heavy atom. The third-order valence-electron chi connectivity index (χ3n) is 17.6. The zero-order valence-corrected chi connectivity index (χ0v) is 83.2. The topological polar surface area (TPSA) is 250 Å². The van der Waals surface area contributed by atoms with Crippen molar-refractivity contribution in [1.29, 1.82) is 0 Å². The highest BCUT2D eigenvalue weighted by Gasteiger charge is 2.04. The lowest BCUT2D eigenvalue weighted by Crippen LogP contribution is -1.89. The van der Waals surface area contributed by atoms with Crippen LogP contribution < -0.4 is 0 Å². The van der Waals surface area contributed by atoms with Crippen molar-refractivity contribution < 1.29 is 0 Å². The SMILES string of the molecule is CC.CC.CC.CC.CC.CC.CC.CC.CC.CC.Cc1ccnc2cccnc12.Cc1ccnc2ccncc12.Cc1ccnc2cnccc12.Cc1ccnc2ncccc12.Cc1cncc2cccnc12.Cc1cncc2ccncc12.Cc1cncc2cnccc12.Cc1cncc2ncccc12.Cc1nc2ccccc2n1C.Cc1nccc2cccnc12. The molecule has 19 heterocycles. The van der Waals surface area contributed by atoms with Crippen LogP contribution in [-0.4, -0.2) is 99.3 Å². The molecule has 20 heteroatoms. The molecule has 20 nitrogen and oxygen atoms in total. The summed E-state index contributed by atoms with van der Waals surface area (Å²) in [6, 6.07) is 45.7. The minimum Gasteiger partial charge on any atom is -0.331 e. The fourth-order valence-corrected chi connectivity index (χ4v) is 11.5. The van der Waals surface area contributed by atoms with Crippen LogP contribution in [-0.2, 0) is 7.05 Å². The summed E-state index contributed by atoms with van der Waals surface area (Å²) >= 11 is 0. The quantitative estimate of drug-likeness (QED) is 0.137. The first kappa shape index (κ1) is 114. The average Bonchev–Trinajstić information content (AvgIpc) is 1.67. The van der Waals surface area contributed by atoms with Crippen molar-refractivity contribution in [3.63, 3.8) is 0 Å². The Morgan fingerprint density at radius 2 is 0.569 bits per heavy atom. The van der Waals surface area contributed by atoms with Crippen LogP contribution in [0.2, 0.25) is 0 Å². The zero-order chi connectivity index (χ0) is 97.0. The summed E-state index contributed by atoms with van der Waals surface area (Å²) in [6.07, 6.45) is 47.1. The molecule has 1 aromatic carbocycles. The summed E-state index contributed by atoms with van der Waals surface area (Å²) < 4.78 is 2.09. The summed E-state index contributed by atoms with van der Waals surface area (Å²) in [5.41, 5.74) is 20.6. The second-order valence-electron chi connectivity index (χ2n) is 25.4. The molecule has 130 heavy (non-hydrogen) atoms. The van der Waals surface area contributed by atoms with Crippen molar-refractivity contribution in [1.82, 2.24) is 99.3 Å². The third-order valence-corrected chi connectivity index (χ3v) is 17.6. The minimum absolute atomic E-state index is 0.826. The monoisotopic (exact) mass is 1740 g/mol. The van der Waals surface area contributed by atoms with Gasteiger partial charge < -0.3 is 4.57 Å². The van der Waals surface area contributed by atoms with E-state index in [0.717, 1.165) is 99.2 Å². The van der Waals surface area contributed by atoms with Gasteiger partial charge in [0.05, 0.1) is 67.7 Å². The molecule has 0 saturated heterocycles. The van der Waals surface area contributed by atoms with Gasteiger partial charge in [0, 0.05) is 204 Å². The Morgan fingerprint density at radius 3 is 1.14 bits per heavy atom. The molecule has 0 atom stereocenters. The smallest absolute Gasteiger partial charge is 0.159 e. The summed E-state index contributed by atoms with van der Waals surface area (Å²) in [7, 11) is 2.03. The molecular weight excluding hydrogens is 1600 g/mol. The van der Waals surface area contributed by atoms with Gasteiger partial charge in [-0.25, -0.2) is 15.0 Å². The lowest BCUT2D eigenvalue weighted by atomic mass is 10.1. The van der Waals surface area contributed by atoms with Gasteiger partial charge in [0.2, 0.25) is 0 Å². The van der Waals surface area contributed by atoms with Gasteiger partial charge >= 0.3 is 0 Å². The molecule has 0 saturated carbocycles. The number of aryl methyl sites for hydroxylation is 11. The first-order valence-corrected chi connectivity index (χ1v) is 45.5. The second kappa shape index (κ2) is 68.9. The molecule has 0 radical (unpaired) electrons. The standard InChI is InChI=1S/C9H10N2.9C9H8N2.10C2H6/c1-7-10-8-5-3-4-6-9(8)11(7)2;1-7-2-5-11-9-3-4-10-6-8(7)9;1-7-2-5-11-9-6-10-4-3-8(7)9;1-7-4-11-6-8-5-10-3-2-9(7)8;1-7-4-11-5-8-2-3-10-6-9(7)8;1-7-9-8(4-6-10-7)3-2-5-11-9;1-7-4-6-10-8-3-2-5-11-9(7)8;1-7-4-6-11-9-8(7)3-2-5-10-9;1-7-5-10-6-9-8(7)3-2-4-11-9;1-7-5-10-6-8-3-2-4-11-9(7)8;10*1-2/h3-6H,1-2H3;9*2-6H,1H3;10*1-2H3. The molecule has 19 aromatic heterocycles. The fraction of sp³-hybridized carbons (Fsp3) is 0.282. The normalized spacial score (nSPS) is 9.19. The van der Waals surface area contributed by atoms with Gasteiger partial charge in [-0.2, -0.15) is 0 Å². The predicted octanol–water partition coefficient (Wildman–Crippen LogP) is 29.6. The summed E-state index contributed by atoms with van der Waals surface area (Å²) in [4.78, 5) is 78.6. The summed E-state index contributed by atoms with van der Waals surface area (Å²) in [5.74, 6) is 1.06. The van der Waals surface area contributed by atoms with E-state index >= 15 is 0 Å². The number of nitrogens with zero attached hydrogens (tertiary/aromatic N) is 20. The number of fused-ring (bicyclic) bond motifs is 10. The number of aromatic nitrogens is 20. The minimum atomic E-state index is 0.826. The molecule has 0 spiro atoms. The largest absolute Gasteiger partial charge is 0.331 e. The molecule has 0 unspecified atom stereocenters. The zero-order valence-electron chi connectivity index (χ0n) is 83.2. The van der Waals surface area contributed by atoms with Crippen LogP contribution in [0.3, 0.4) is 0 Å². The Hall–Kier alpha value is -14.3. The van der Waals surface area contributed by atoms with E-state index in [0.29, 0.717) is 0 Å². The van der Waals surface area contributed by atoms with E-state index in [-0.39, 0.29) is 0 Å². The van der Waals surface area contributed by atoms with Gasteiger partial charge in [0.25, 0.3) is 0 Å². The van der Waals surface area contributed by atoms with Crippen molar-refractivity contribution in [3.05, 3.63) is 357 Å². The molecule has 682 valence electrons. The van der Waals surface area contributed by atoms with Crippen molar-refractivity contribution >= 4 is 109 Å². The number of rotatable bonds is 0. The molecule has 0 aliphatic heterocycles. The van der Waals surface area contributed by atoms with E-state index in [1.54, 1.807) is 93.0 Å². The Bertz CT molecular complexity index is 5250. The average molecular weight is 1740 g/mol. The number of hydrogen-bond donors (Lipinski definition) is 0. The van der Waals surface area contributed by atoms with Crippen molar-refractivity contribution in [2.24, 2.45) is 7.05 Å². The summed E-state index contributed by atoms with van der Waals surface area (Å²) in [6.45, 7) is 60.4. The van der Waals surface area contributed by atoms with Gasteiger partial charge in [-0.1, -0.05) is 163 Å². The highest BCUT2D eigenvalue weighted by atomic mass is 15.0. The third kappa shape index (κ3) is 37.0. The maximum atomic E-state index is 4.38. The summed E-state index contributed by atoms with van der Waals surface area (Å²) in [5, 5.41) is 11.6. The Labute approximate surface area is 775 Å². The van der Waals surface area contributed by atoms with Gasteiger partial charge in [-0.15, -0.1) is 0 Å². The van der Waals surface area contributed by atoms with E-state index in [4.69, 9.17) is 0 Å². The second-order valence-corrected chi connectivity index (χ2v) is 25.4. The highest BCUT2D eigenvalue weighted by Crippen LogP contribution is 2.21. The fourth-order valence-electron chi connectivity index (χ4n) is 11.5. The van der Waals surface area contributed by atoms with Crippen LogP contribution in [0.4, 0.5) is 0 Å². The maximum Gasteiger partial charge on any atom is 0.159 e. The van der Waals surface area contributed by atoms with E-state index in [1.807, 2.05) is 383 Å². The lowest BCUT2D eigenvalue weighted by Gasteiger charge is -1.97. The first-order valence-electron chi connectivity index (χ1n) is 45.5. The lowest BCUT2D eigenvalue weighted by molar-refractivity contribution is 0.886. The first-order chi connectivity index (χ1) is 63.7. The maximum absolute atomic E-state index is 4.38. The number of imidazole rings is 1. The predicted molar refractivity (Wildman–Crippen MR) is 557 cm³/mol. The van der Waals surface area contributed by atoms with Crippen molar-refractivity contribution in [3.8, 4) is 0 Å². The van der Waals surface area contributed by atoms with E-state index < -0.39 is 0 Å². The van der Waals surface area contributed by atoms with Crippen LogP contribution >= 0.6 is 0 Å². The molecular formula is C110H142N20. The van der Waals surface area contributed by atoms with Crippen LogP contribution in [0.15, 0.2) is 301 Å². The van der Waals surface area contributed by atoms with E-state index in [1.165, 1.54) is 66.0 Å². The number of para-hydroxylation sites is 2. The highest BCUT2D eigenvalue weighted by molar-refractivity contribution is 5.86. The number of hydrogen-bond acceptors (Lipinski definition) is 19. The van der Waals surface area contributed by atoms with Crippen LogP contribution in [0.1, 0.15) is 195 Å². The van der Waals surface area contributed by atoms with E-state index in [9.17, 15) is 0 Å². The van der Waals surface area contributed by atoms with Gasteiger partial charge in [-0.3, -0.25) is 79.7 Å². The van der Waals surface area contributed by atoms with Crippen LogP contribution in [0.25, 0.3) is 109 Å². The molecule has 0 N–H and O–H groups in total. The van der Waals surface area contributed by atoms with Gasteiger partial charge in [-0.05, 0) is 234 Å². The van der Waals surface area contributed by atoms with Crippen LogP contribution in [0.5, 0.6) is 0 Å². The Kier molecular flexibility index (Phi) is 60.3. The molecule has 20 rings (SSSR count). The van der Waals surface area contributed by atoms with Crippen LogP contribution in [0, 0.1) is 69.2 Å². The van der Waals surface area contributed by atoms with Crippen molar-refractivity contribution in [2.75, 3.05) is 0 Å². The number of pyridine rings is 18. The van der Waals surface area contributed by atoms with Gasteiger partial charge in [0.15, 0.2) is 5.65 Å².